The Hall–Kier alpha value is -2.20. The molecule has 1 unspecified atom stereocenters. The molecule has 1 aliphatic heterocycles. The number of hydrogen-bond acceptors (Lipinski definition) is 4. The normalized spacial score (nSPS) is 15.4. The molecule has 122 valence electrons. The average Bonchev–Trinajstić information content (AvgIpc) is 2.55. The predicted molar refractivity (Wildman–Crippen MR) is 94.9 cm³/mol. The number of aliphatic hydroxyl groups excluding tert-OH is 1. The van der Waals surface area contributed by atoms with Gasteiger partial charge in [-0.05, 0) is 26.0 Å². The van der Waals surface area contributed by atoms with Crippen molar-refractivity contribution < 1.29 is 9.84 Å². The molecule has 4 nitrogen and oxygen atoms in total. The molecular weight excluding hydrogens is 288 g/mol. The molecule has 2 aromatic rings. The van der Waals surface area contributed by atoms with E-state index < -0.39 is 6.10 Å². The van der Waals surface area contributed by atoms with Gasteiger partial charge in [0.05, 0.1) is 0 Å². The topological polar surface area (TPSA) is 35.9 Å². The van der Waals surface area contributed by atoms with Crippen molar-refractivity contribution in [1.29, 1.82) is 0 Å². The second-order valence-corrected chi connectivity index (χ2v) is 6.02. The largest absolute Gasteiger partial charge is 0.456 e. The SMILES string of the molecule is CCN(CC)c1ccc2c(c1)Oc1cc(N(C)C)ccc1C2O. The number of fused-ring (bicyclic) bond motifs is 2. The van der Waals surface area contributed by atoms with Crippen LogP contribution in [0.25, 0.3) is 0 Å². The lowest BCUT2D eigenvalue weighted by atomic mass is 9.96. The summed E-state index contributed by atoms with van der Waals surface area (Å²) in [6.07, 6.45) is -0.643. The number of benzene rings is 2. The molecule has 0 spiro atoms. The van der Waals surface area contributed by atoms with Gasteiger partial charge < -0.3 is 19.6 Å². The van der Waals surface area contributed by atoms with Gasteiger partial charge in [0.2, 0.25) is 0 Å². The van der Waals surface area contributed by atoms with Crippen molar-refractivity contribution in [2.75, 3.05) is 37.0 Å². The highest BCUT2D eigenvalue weighted by Gasteiger charge is 2.26. The lowest BCUT2D eigenvalue weighted by Gasteiger charge is -2.28. The molecule has 1 N–H and O–H groups in total. The molecule has 0 saturated carbocycles. The second-order valence-electron chi connectivity index (χ2n) is 6.02. The Bertz CT molecular complexity index is 709. The molecule has 0 aromatic heterocycles. The molecule has 0 saturated heterocycles. The average molecular weight is 312 g/mol. The van der Waals surface area contributed by atoms with E-state index in [9.17, 15) is 5.11 Å². The van der Waals surface area contributed by atoms with Crippen LogP contribution in [0.15, 0.2) is 36.4 Å². The van der Waals surface area contributed by atoms with Gasteiger partial charge in [-0.1, -0.05) is 12.1 Å². The van der Waals surface area contributed by atoms with Crippen LogP contribution < -0.4 is 14.5 Å². The first kappa shape index (κ1) is 15.7. The molecule has 2 aromatic carbocycles. The lowest BCUT2D eigenvalue weighted by Crippen LogP contribution is -2.22. The molecule has 0 bridgehead atoms. The quantitative estimate of drug-likeness (QED) is 0.932. The summed E-state index contributed by atoms with van der Waals surface area (Å²) in [4.78, 5) is 4.29. The Morgan fingerprint density at radius 3 is 1.96 bits per heavy atom. The minimum Gasteiger partial charge on any atom is -0.456 e. The van der Waals surface area contributed by atoms with Crippen LogP contribution in [0.5, 0.6) is 11.5 Å². The predicted octanol–water partition coefficient (Wildman–Crippen LogP) is 3.79. The van der Waals surface area contributed by atoms with Gasteiger partial charge in [-0.2, -0.15) is 0 Å². The smallest absolute Gasteiger partial charge is 0.135 e. The highest BCUT2D eigenvalue weighted by molar-refractivity contribution is 5.62. The van der Waals surface area contributed by atoms with Gasteiger partial charge in [0, 0.05) is 61.8 Å². The van der Waals surface area contributed by atoms with Crippen LogP contribution in [0.4, 0.5) is 11.4 Å². The molecule has 0 amide bonds. The Morgan fingerprint density at radius 1 is 0.913 bits per heavy atom. The summed E-state index contributed by atoms with van der Waals surface area (Å²) in [5.74, 6) is 1.47. The van der Waals surface area contributed by atoms with Gasteiger partial charge in [-0.25, -0.2) is 0 Å². The number of ether oxygens (including phenoxy) is 1. The van der Waals surface area contributed by atoms with Crippen molar-refractivity contribution in [3.05, 3.63) is 47.5 Å². The number of aliphatic hydroxyl groups is 1. The first-order valence-electron chi connectivity index (χ1n) is 8.11. The number of rotatable bonds is 4. The van der Waals surface area contributed by atoms with Crippen LogP contribution in [0, 0.1) is 0 Å². The Balaban J connectivity index is 2.01. The standard InChI is InChI=1S/C19H24N2O2/c1-5-21(6-2)14-8-10-16-18(12-14)23-17-11-13(20(3)4)7-9-15(17)19(16)22/h7-12,19,22H,5-6H2,1-4H3. The van der Waals surface area contributed by atoms with Gasteiger partial charge in [0.15, 0.2) is 0 Å². The maximum Gasteiger partial charge on any atom is 0.135 e. The molecule has 23 heavy (non-hydrogen) atoms. The van der Waals surface area contributed by atoms with Crippen LogP contribution in [0.1, 0.15) is 31.1 Å². The highest BCUT2D eigenvalue weighted by atomic mass is 16.5. The molecule has 1 atom stereocenters. The van der Waals surface area contributed by atoms with Crippen LogP contribution in [0.3, 0.4) is 0 Å². The molecule has 0 radical (unpaired) electrons. The Morgan fingerprint density at radius 2 is 1.43 bits per heavy atom. The van der Waals surface area contributed by atoms with Gasteiger partial charge in [0.1, 0.15) is 17.6 Å². The fraction of sp³-hybridized carbons (Fsp3) is 0.368. The lowest BCUT2D eigenvalue weighted by molar-refractivity contribution is 0.203. The number of hydrogen-bond donors (Lipinski definition) is 1. The van der Waals surface area contributed by atoms with E-state index in [2.05, 4.69) is 24.8 Å². The number of nitrogens with zero attached hydrogens (tertiary/aromatic N) is 2. The van der Waals surface area contributed by atoms with Gasteiger partial charge in [-0.3, -0.25) is 0 Å². The third-order valence-electron chi connectivity index (χ3n) is 4.45. The van der Waals surface area contributed by atoms with E-state index in [0.717, 1.165) is 47.1 Å². The van der Waals surface area contributed by atoms with Crippen LogP contribution >= 0.6 is 0 Å². The summed E-state index contributed by atoms with van der Waals surface area (Å²) in [5, 5.41) is 10.7. The first-order valence-corrected chi connectivity index (χ1v) is 8.11. The zero-order valence-electron chi connectivity index (χ0n) is 14.2. The van der Waals surface area contributed by atoms with E-state index in [1.807, 2.05) is 49.3 Å². The Kier molecular flexibility index (Phi) is 4.18. The third kappa shape index (κ3) is 2.75. The third-order valence-corrected chi connectivity index (χ3v) is 4.45. The van der Waals surface area contributed by atoms with Crippen LogP contribution in [0.2, 0.25) is 0 Å². The summed E-state index contributed by atoms with van der Waals surface area (Å²) in [6, 6.07) is 12.0. The monoisotopic (exact) mass is 312 g/mol. The summed E-state index contributed by atoms with van der Waals surface area (Å²) in [6.45, 7) is 6.16. The van der Waals surface area contributed by atoms with Crippen molar-refractivity contribution in [3.8, 4) is 11.5 Å². The molecular formula is C19H24N2O2. The molecule has 4 heteroatoms. The summed E-state index contributed by atoms with van der Waals surface area (Å²) >= 11 is 0. The highest BCUT2D eigenvalue weighted by Crippen LogP contribution is 2.45. The molecule has 1 heterocycles. The fourth-order valence-electron chi connectivity index (χ4n) is 3.02. The van der Waals surface area contributed by atoms with Gasteiger partial charge >= 0.3 is 0 Å². The molecule has 1 aliphatic rings. The fourth-order valence-corrected chi connectivity index (χ4v) is 3.02. The van der Waals surface area contributed by atoms with E-state index in [4.69, 9.17) is 4.74 Å². The van der Waals surface area contributed by atoms with Crippen molar-refractivity contribution in [2.24, 2.45) is 0 Å². The van der Waals surface area contributed by atoms with Crippen molar-refractivity contribution in [2.45, 2.75) is 20.0 Å². The van der Waals surface area contributed by atoms with E-state index in [0.29, 0.717) is 0 Å². The van der Waals surface area contributed by atoms with Gasteiger partial charge in [0.25, 0.3) is 0 Å². The van der Waals surface area contributed by atoms with E-state index in [1.54, 1.807) is 0 Å². The summed E-state index contributed by atoms with van der Waals surface area (Å²) in [7, 11) is 3.99. The number of anilines is 2. The van der Waals surface area contributed by atoms with Gasteiger partial charge in [-0.15, -0.1) is 0 Å². The van der Waals surface area contributed by atoms with E-state index in [-0.39, 0.29) is 0 Å². The van der Waals surface area contributed by atoms with E-state index >= 15 is 0 Å². The van der Waals surface area contributed by atoms with Crippen LogP contribution in [-0.2, 0) is 0 Å². The maximum atomic E-state index is 10.7. The Labute approximate surface area is 137 Å². The van der Waals surface area contributed by atoms with Crippen molar-refractivity contribution in [1.82, 2.24) is 0 Å². The first-order chi connectivity index (χ1) is 11.0. The minimum absolute atomic E-state index is 0.643. The minimum atomic E-state index is -0.643. The van der Waals surface area contributed by atoms with Crippen molar-refractivity contribution >= 4 is 11.4 Å². The maximum absolute atomic E-state index is 10.7. The second kappa shape index (κ2) is 6.13. The zero-order chi connectivity index (χ0) is 16.6. The van der Waals surface area contributed by atoms with Crippen molar-refractivity contribution in [3.63, 3.8) is 0 Å². The zero-order valence-corrected chi connectivity index (χ0v) is 14.2. The molecule has 0 fully saturated rings. The molecule has 0 aliphatic carbocycles. The summed E-state index contributed by atoms with van der Waals surface area (Å²) < 4.78 is 6.11. The van der Waals surface area contributed by atoms with E-state index in [1.165, 1.54) is 0 Å². The summed E-state index contributed by atoms with van der Waals surface area (Å²) in [5.41, 5.74) is 3.82. The van der Waals surface area contributed by atoms with Crippen LogP contribution in [-0.4, -0.2) is 32.3 Å². The molecule has 3 rings (SSSR count).